The van der Waals surface area contributed by atoms with Crippen LogP contribution >= 0.6 is 0 Å². The zero-order valence-electron chi connectivity index (χ0n) is 14.3. The fourth-order valence-corrected chi connectivity index (χ4v) is 2.62. The first-order valence-electron chi connectivity index (χ1n) is 8.46. The Morgan fingerprint density at radius 3 is 2.25 bits per heavy atom. The normalized spacial score (nSPS) is 11.1. The number of benzene rings is 2. The first-order valence-corrected chi connectivity index (χ1v) is 8.46. The number of hydrogen-bond acceptors (Lipinski definition) is 3. The van der Waals surface area contributed by atoms with Crippen molar-refractivity contribution >= 4 is 0 Å². The van der Waals surface area contributed by atoms with Crippen LogP contribution in [0.3, 0.4) is 0 Å². The zero-order chi connectivity index (χ0) is 16.8. The summed E-state index contributed by atoms with van der Waals surface area (Å²) in [4.78, 5) is 1.80. The van der Waals surface area contributed by atoms with Crippen molar-refractivity contribution in [2.75, 3.05) is 6.54 Å². The molecule has 0 aliphatic heterocycles. The van der Waals surface area contributed by atoms with Crippen molar-refractivity contribution in [1.29, 1.82) is 0 Å². The molecule has 0 radical (unpaired) electrons. The number of nitrogens with one attached hydrogen (secondary N) is 1. The fraction of sp³-hybridized carbons (Fsp3) is 0.300. The highest BCUT2D eigenvalue weighted by Gasteiger charge is 2.13. The molecule has 0 unspecified atom stereocenters. The van der Waals surface area contributed by atoms with Gasteiger partial charge in [-0.15, -0.1) is 0 Å². The smallest absolute Gasteiger partial charge is 0.117 e. The number of rotatable bonds is 7. The van der Waals surface area contributed by atoms with Gasteiger partial charge in [0.05, 0.1) is 6.54 Å². The molecule has 0 spiro atoms. The molecule has 0 fully saturated rings. The Kier molecular flexibility index (Phi) is 5.39. The lowest BCUT2D eigenvalue weighted by Gasteiger charge is -2.06. The van der Waals surface area contributed by atoms with Crippen LogP contribution in [0.5, 0.6) is 0 Å². The molecule has 2 aromatic carbocycles. The van der Waals surface area contributed by atoms with Gasteiger partial charge in [0, 0.05) is 12.1 Å². The molecule has 0 saturated heterocycles. The topological polar surface area (TPSA) is 42.7 Å². The highest BCUT2D eigenvalue weighted by Crippen LogP contribution is 2.20. The van der Waals surface area contributed by atoms with E-state index in [-0.39, 0.29) is 0 Å². The number of aromatic nitrogens is 3. The summed E-state index contributed by atoms with van der Waals surface area (Å²) < 4.78 is 0. The zero-order valence-corrected chi connectivity index (χ0v) is 14.3. The average Bonchev–Trinajstić information content (AvgIpc) is 2.99. The first-order chi connectivity index (χ1) is 11.7. The number of hydrogen-bond donors (Lipinski definition) is 1. The first kappa shape index (κ1) is 16.4. The van der Waals surface area contributed by atoms with E-state index in [9.17, 15) is 0 Å². The maximum absolute atomic E-state index is 4.74. The van der Waals surface area contributed by atoms with Gasteiger partial charge in [0.2, 0.25) is 0 Å². The Bertz CT molecular complexity index is 748. The van der Waals surface area contributed by atoms with Gasteiger partial charge in [-0.2, -0.15) is 15.0 Å². The maximum Gasteiger partial charge on any atom is 0.117 e. The van der Waals surface area contributed by atoms with E-state index in [0.29, 0.717) is 12.5 Å². The van der Waals surface area contributed by atoms with Crippen LogP contribution in [0.25, 0.3) is 11.3 Å². The second kappa shape index (κ2) is 7.88. The third kappa shape index (κ3) is 4.30. The molecule has 3 aromatic rings. The standard InChI is InChI=1S/C20H24N4/c1-16(2)13-21-14-19-20(18-11-7-4-8-12-18)23-24(22-19)15-17-9-5-3-6-10-17/h3-12,16,21H,13-15H2,1-2H3. The summed E-state index contributed by atoms with van der Waals surface area (Å²) >= 11 is 0. The summed E-state index contributed by atoms with van der Waals surface area (Å²) in [7, 11) is 0. The quantitative estimate of drug-likeness (QED) is 0.721. The lowest BCUT2D eigenvalue weighted by atomic mass is 10.1. The predicted molar refractivity (Wildman–Crippen MR) is 97.5 cm³/mol. The molecule has 0 saturated carbocycles. The van der Waals surface area contributed by atoms with Gasteiger partial charge in [-0.05, 0) is 18.0 Å². The van der Waals surface area contributed by atoms with E-state index in [2.05, 4.69) is 43.4 Å². The SMILES string of the molecule is CC(C)CNCc1nn(Cc2ccccc2)nc1-c1ccccc1. The van der Waals surface area contributed by atoms with E-state index in [1.165, 1.54) is 5.56 Å². The maximum atomic E-state index is 4.74. The summed E-state index contributed by atoms with van der Waals surface area (Å²) in [5.74, 6) is 0.615. The third-order valence-corrected chi connectivity index (χ3v) is 3.78. The molecule has 0 bridgehead atoms. The van der Waals surface area contributed by atoms with E-state index in [4.69, 9.17) is 10.2 Å². The monoisotopic (exact) mass is 320 g/mol. The number of nitrogens with zero attached hydrogens (tertiary/aromatic N) is 3. The molecular formula is C20H24N4. The molecule has 0 aliphatic rings. The highest BCUT2D eigenvalue weighted by molar-refractivity contribution is 5.60. The summed E-state index contributed by atoms with van der Waals surface area (Å²) in [5, 5.41) is 12.9. The summed E-state index contributed by atoms with van der Waals surface area (Å²) in [6.07, 6.45) is 0. The van der Waals surface area contributed by atoms with Crippen LogP contribution in [0.4, 0.5) is 0 Å². The van der Waals surface area contributed by atoms with Crippen molar-refractivity contribution in [2.24, 2.45) is 5.92 Å². The summed E-state index contributed by atoms with van der Waals surface area (Å²) in [5.41, 5.74) is 4.27. The van der Waals surface area contributed by atoms with E-state index in [1.54, 1.807) is 4.80 Å². The molecule has 1 aromatic heterocycles. The molecule has 4 nitrogen and oxygen atoms in total. The van der Waals surface area contributed by atoms with E-state index >= 15 is 0 Å². The Balaban J connectivity index is 1.84. The van der Waals surface area contributed by atoms with E-state index in [0.717, 1.165) is 30.0 Å². The minimum absolute atomic E-state index is 0.615. The Morgan fingerprint density at radius 2 is 1.58 bits per heavy atom. The van der Waals surface area contributed by atoms with Gasteiger partial charge in [-0.1, -0.05) is 74.5 Å². The largest absolute Gasteiger partial charge is 0.311 e. The van der Waals surface area contributed by atoms with Gasteiger partial charge in [0.15, 0.2) is 0 Å². The van der Waals surface area contributed by atoms with Crippen LogP contribution in [-0.2, 0) is 13.1 Å². The molecule has 1 N–H and O–H groups in total. The van der Waals surface area contributed by atoms with Crippen molar-refractivity contribution in [3.05, 3.63) is 71.9 Å². The van der Waals surface area contributed by atoms with Gasteiger partial charge in [-0.25, -0.2) is 0 Å². The Labute approximate surface area is 143 Å². The van der Waals surface area contributed by atoms with E-state index in [1.807, 2.05) is 36.4 Å². The fourth-order valence-electron chi connectivity index (χ4n) is 2.62. The van der Waals surface area contributed by atoms with Gasteiger partial charge >= 0.3 is 0 Å². The molecule has 24 heavy (non-hydrogen) atoms. The minimum atomic E-state index is 0.615. The summed E-state index contributed by atoms with van der Waals surface area (Å²) in [6, 6.07) is 20.6. The molecule has 124 valence electrons. The van der Waals surface area contributed by atoms with Crippen LogP contribution in [0.1, 0.15) is 25.1 Å². The predicted octanol–water partition coefficient (Wildman–Crippen LogP) is 3.74. The van der Waals surface area contributed by atoms with Crippen molar-refractivity contribution in [2.45, 2.75) is 26.9 Å². The molecule has 0 amide bonds. The van der Waals surface area contributed by atoms with E-state index < -0.39 is 0 Å². The Hall–Kier alpha value is -2.46. The molecule has 0 aliphatic carbocycles. The lowest BCUT2D eigenvalue weighted by Crippen LogP contribution is -2.19. The van der Waals surface area contributed by atoms with Gasteiger partial charge in [0.1, 0.15) is 11.4 Å². The van der Waals surface area contributed by atoms with Crippen LogP contribution in [0.2, 0.25) is 0 Å². The van der Waals surface area contributed by atoms with Gasteiger partial charge in [0.25, 0.3) is 0 Å². The van der Waals surface area contributed by atoms with Crippen LogP contribution < -0.4 is 5.32 Å². The summed E-state index contributed by atoms with van der Waals surface area (Å²) in [6.45, 7) is 6.80. The van der Waals surface area contributed by atoms with Crippen molar-refractivity contribution in [3.8, 4) is 11.3 Å². The second-order valence-electron chi connectivity index (χ2n) is 6.40. The molecule has 0 atom stereocenters. The minimum Gasteiger partial charge on any atom is -0.311 e. The average molecular weight is 320 g/mol. The lowest BCUT2D eigenvalue weighted by molar-refractivity contribution is 0.537. The van der Waals surface area contributed by atoms with Crippen LogP contribution in [0.15, 0.2) is 60.7 Å². The molecular weight excluding hydrogens is 296 g/mol. The van der Waals surface area contributed by atoms with Crippen LogP contribution in [-0.4, -0.2) is 21.5 Å². The molecule has 3 rings (SSSR count). The van der Waals surface area contributed by atoms with Crippen molar-refractivity contribution in [3.63, 3.8) is 0 Å². The second-order valence-corrected chi connectivity index (χ2v) is 6.40. The van der Waals surface area contributed by atoms with Gasteiger partial charge in [-0.3, -0.25) is 0 Å². The van der Waals surface area contributed by atoms with Gasteiger partial charge < -0.3 is 5.32 Å². The Morgan fingerprint density at radius 1 is 0.917 bits per heavy atom. The molecule has 1 heterocycles. The van der Waals surface area contributed by atoms with Crippen molar-refractivity contribution in [1.82, 2.24) is 20.3 Å². The van der Waals surface area contributed by atoms with Crippen molar-refractivity contribution < 1.29 is 0 Å². The third-order valence-electron chi connectivity index (χ3n) is 3.78. The highest BCUT2D eigenvalue weighted by atomic mass is 15.5. The van der Waals surface area contributed by atoms with Crippen LogP contribution in [0, 0.1) is 5.92 Å². The molecule has 4 heteroatoms.